The second kappa shape index (κ2) is 5.24. The van der Waals surface area contributed by atoms with E-state index in [1.807, 2.05) is 6.20 Å². The molecule has 4 heteroatoms. The third-order valence-electron chi connectivity index (χ3n) is 6.20. The van der Waals surface area contributed by atoms with Crippen molar-refractivity contribution >= 4 is 0 Å². The van der Waals surface area contributed by atoms with Crippen molar-refractivity contribution in [1.82, 2.24) is 15.3 Å². The molecule has 0 radical (unpaired) electrons. The Morgan fingerprint density at radius 1 is 1.33 bits per heavy atom. The fraction of sp³-hybridized carbons (Fsp3) is 0.765. The van der Waals surface area contributed by atoms with Gasteiger partial charge >= 0.3 is 0 Å². The zero-order valence-electron chi connectivity index (χ0n) is 13.6. The van der Waals surface area contributed by atoms with Crippen LogP contribution >= 0.6 is 0 Å². The van der Waals surface area contributed by atoms with E-state index in [2.05, 4.69) is 43.0 Å². The summed E-state index contributed by atoms with van der Waals surface area (Å²) in [5, 5.41) is 3.27. The molecule has 2 aliphatic carbocycles. The van der Waals surface area contributed by atoms with Crippen LogP contribution in [0.4, 0.5) is 0 Å². The summed E-state index contributed by atoms with van der Waals surface area (Å²) in [4.78, 5) is 8.86. The van der Waals surface area contributed by atoms with E-state index in [1.54, 1.807) is 6.20 Å². The van der Waals surface area contributed by atoms with Crippen LogP contribution in [0.15, 0.2) is 12.4 Å². The predicted molar refractivity (Wildman–Crippen MR) is 83.1 cm³/mol. The molecule has 1 N–H and O–H groups in total. The van der Waals surface area contributed by atoms with Crippen LogP contribution in [-0.4, -0.2) is 22.6 Å². The van der Waals surface area contributed by atoms with Gasteiger partial charge in [-0.2, -0.15) is 0 Å². The molecule has 2 bridgehead atoms. The van der Waals surface area contributed by atoms with Crippen LogP contribution in [0.25, 0.3) is 0 Å². The lowest BCUT2D eigenvalue weighted by atomic mass is 9.70. The molecule has 2 saturated carbocycles. The molecule has 2 fully saturated rings. The molecular weight excluding hydrogens is 262 g/mol. The van der Waals surface area contributed by atoms with Crippen molar-refractivity contribution in [1.29, 1.82) is 0 Å². The maximum absolute atomic E-state index is 6.27. The summed E-state index contributed by atoms with van der Waals surface area (Å²) in [6.45, 7) is 11.0. The highest BCUT2D eigenvalue weighted by molar-refractivity contribution is 5.15. The van der Waals surface area contributed by atoms with Crippen LogP contribution in [0.3, 0.4) is 0 Å². The van der Waals surface area contributed by atoms with Crippen molar-refractivity contribution in [2.45, 2.75) is 59.6 Å². The molecule has 3 unspecified atom stereocenters. The molecule has 1 aromatic rings. The Hall–Kier alpha value is -1.16. The molecular formula is C17H27N3O. The van der Waals surface area contributed by atoms with E-state index >= 15 is 0 Å². The topological polar surface area (TPSA) is 47.0 Å². The number of nitrogens with one attached hydrogen (secondary N) is 1. The van der Waals surface area contributed by atoms with E-state index in [0.29, 0.717) is 11.3 Å². The largest absolute Gasteiger partial charge is 0.473 e. The highest BCUT2D eigenvalue weighted by Gasteiger charge is 2.62. The van der Waals surface area contributed by atoms with Crippen LogP contribution in [0, 0.1) is 16.7 Å². The van der Waals surface area contributed by atoms with Gasteiger partial charge in [0.05, 0.1) is 11.9 Å². The summed E-state index contributed by atoms with van der Waals surface area (Å²) in [6.07, 6.45) is 7.59. The highest BCUT2D eigenvalue weighted by atomic mass is 16.5. The molecule has 0 aliphatic heterocycles. The molecule has 0 spiro atoms. The molecule has 0 saturated heterocycles. The van der Waals surface area contributed by atoms with Gasteiger partial charge in [-0.3, -0.25) is 4.98 Å². The van der Waals surface area contributed by atoms with Crippen molar-refractivity contribution in [3.8, 4) is 5.88 Å². The van der Waals surface area contributed by atoms with Crippen molar-refractivity contribution in [3.63, 3.8) is 0 Å². The molecule has 1 heterocycles. The summed E-state index contributed by atoms with van der Waals surface area (Å²) >= 11 is 0. The lowest BCUT2D eigenvalue weighted by Gasteiger charge is -2.38. The maximum atomic E-state index is 6.27. The normalized spacial score (nSPS) is 33.3. The Morgan fingerprint density at radius 2 is 2.14 bits per heavy atom. The number of nitrogens with zero attached hydrogens (tertiary/aromatic N) is 2. The van der Waals surface area contributed by atoms with Gasteiger partial charge in [0.1, 0.15) is 6.10 Å². The minimum Gasteiger partial charge on any atom is -0.473 e. The SMILES string of the molecule is CCNCc1cncc(OC2CC3CCC2(C)C3(C)C)n1. The number of fused-ring (bicyclic) bond motifs is 2. The van der Waals surface area contributed by atoms with Crippen LogP contribution in [0.1, 0.15) is 52.7 Å². The Kier molecular flexibility index (Phi) is 3.68. The fourth-order valence-electron chi connectivity index (χ4n) is 4.24. The van der Waals surface area contributed by atoms with Gasteiger partial charge in [0.2, 0.25) is 5.88 Å². The first-order valence-electron chi connectivity index (χ1n) is 8.15. The van der Waals surface area contributed by atoms with Crippen molar-refractivity contribution in [2.24, 2.45) is 16.7 Å². The van der Waals surface area contributed by atoms with Gasteiger partial charge in [0, 0.05) is 18.2 Å². The van der Waals surface area contributed by atoms with E-state index in [4.69, 9.17) is 4.74 Å². The van der Waals surface area contributed by atoms with Crippen LogP contribution in [-0.2, 0) is 6.54 Å². The van der Waals surface area contributed by atoms with Gasteiger partial charge in [-0.25, -0.2) is 4.98 Å². The number of aromatic nitrogens is 2. The maximum Gasteiger partial charge on any atom is 0.232 e. The fourth-order valence-corrected chi connectivity index (χ4v) is 4.24. The average Bonchev–Trinajstić information content (AvgIpc) is 2.79. The number of hydrogen-bond donors (Lipinski definition) is 1. The summed E-state index contributed by atoms with van der Waals surface area (Å²) in [6, 6.07) is 0. The zero-order valence-corrected chi connectivity index (χ0v) is 13.6. The monoisotopic (exact) mass is 289 g/mol. The summed E-state index contributed by atoms with van der Waals surface area (Å²) in [5.41, 5.74) is 1.57. The van der Waals surface area contributed by atoms with Gasteiger partial charge < -0.3 is 10.1 Å². The molecule has 116 valence electrons. The van der Waals surface area contributed by atoms with Crippen LogP contribution in [0.5, 0.6) is 5.88 Å². The van der Waals surface area contributed by atoms with E-state index < -0.39 is 0 Å². The third kappa shape index (κ3) is 2.33. The number of hydrogen-bond acceptors (Lipinski definition) is 4. The summed E-state index contributed by atoms with van der Waals surface area (Å²) < 4.78 is 6.27. The van der Waals surface area contributed by atoms with Crippen LogP contribution in [0.2, 0.25) is 0 Å². The molecule has 1 aromatic heterocycles. The standard InChI is InChI=1S/C17H27N3O/c1-5-18-9-13-10-19-11-15(20-13)21-14-8-12-6-7-17(14,4)16(12,2)3/h10-12,14,18H,5-9H2,1-4H3. The molecule has 0 aromatic carbocycles. The first-order chi connectivity index (χ1) is 9.97. The Labute approximate surface area is 127 Å². The lowest BCUT2D eigenvalue weighted by molar-refractivity contribution is 0.0269. The lowest BCUT2D eigenvalue weighted by Crippen LogP contribution is -2.39. The molecule has 4 nitrogen and oxygen atoms in total. The van der Waals surface area contributed by atoms with E-state index in [1.165, 1.54) is 12.8 Å². The summed E-state index contributed by atoms with van der Waals surface area (Å²) in [7, 11) is 0. The first-order valence-corrected chi connectivity index (χ1v) is 8.15. The van der Waals surface area contributed by atoms with E-state index in [9.17, 15) is 0 Å². The second-order valence-electron chi connectivity index (χ2n) is 7.35. The third-order valence-corrected chi connectivity index (χ3v) is 6.20. The minimum atomic E-state index is 0.261. The minimum absolute atomic E-state index is 0.261. The highest BCUT2D eigenvalue weighted by Crippen LogP contribution is 2.66. The van der Waals surface area contributed by atoms with Gasteiger partial charge in [-0.05, 0) is 37.1 Å². The smallest absolute Gasteiger partial charge is 0.232 e. The van der Waals surface area contributed by atoms with Crippen molar-refractivity contribution in [3.05, 3.63) is 18.1 Å². The number of ether oxygens (including phenoxy) is 1. The Morgan fingerprint density at radius 3 is 2.76 bits per heavy atom. The predicted octanol–water partition coefficient (Wildman–Crippen LogP) is 3.18. The molecule has 0 amide bonds. The van der Waals surface area contributed by atoms with Gasteiger partial charge in [0.15, 0.2) is 0 Å². The quantitative estimate of drug-likeness (QED) is 0.904. The first kappa shape index (κ1) is 14.8. The van der Waals surface area contributed by atoms with Crippen molar-refractivity contribution in [2.75, 3.05) is 6.54 Å². The van der Waals surface area contributed by atoms with E-state index in [0.717, 1.165) is 31.1 Å². The van der Waals surface area contributed by atoms with E-state index in [-0.39, 0.29) is 11.5 Å². The Balaban J connectivity index is 1.73. The van der Waals surface area contributed by atoms with Crippen LogP contribution < -0.4 is 10.1 Å². The van der Waals surface area contributed by atoms with Gasteiger partial charge in [-0.1, -0.05) is 27.7 Å². The van der Waals surface area contributed by atoms with Gasteiger partial charge in [-0.15, -0.1) is 0 Å². The molecule has 21 heavy (non-hydrogen) atoms. The number of rotatable bonds is 5. The van der Waals surface area contributed by atoms with Gasteiger partial charge in [0.25, 0.3) is 0 Å². The molecule has 2 aliphatic rings. The zero-order chi connectivity index (χ0) is 15.1. The second-order valence-corrected chi connectivity index (χ2v) is 7.35. The van der Waals surface area contributed by atoms with Crippen molar-refractivity contribution < 1.29 is 4.74 Å². The molecule has 3 atom stereocenters. The summed E-state index contributed by atoms with van der Waals surface area (Å²) in [5.74, 6) is 1.46. The average molecular weight is 289 g/mol. The Bertz CT molecular complexity index is 517. The molecule has 3 rings (SSSR count).